The average molecular weight is 526 g/mol. The fourth-order valence-corrected chi connectivity index (χ4v) is 6.48. The lowest BCUT2D eigenvalue weighted by Crippen LogP contribution is -2.30. The van der Waals surface area contributed by atoms with E-state index in [9.17, 15) is 0 Å². The normalized spacial score (nSPS) is 11.7. The molecule has 0 spiro atoms. The van der Waals surface area contributed by atoms with Gasteiger partial charge in [0.25, 0.3) is 5.82 Å². The van der Waals surface area contributed by atoms with Crippen LogP contribution in [0.5, 0.6) is 0 Å². The summed E-state index contributed by atoms with van der Waals surface area (Å²) in [5, 5.41) is 7.63. The molecule has 1 heterocycles. The van der Waals surface area contributed by atoms with E-state index >= 15 is 0 Å². The molecule has 0 radical (unpaired) electrons. The summed E-state index contributed by atoms with van der Waals surface area (Å²) in [7, 11) is 2.19. The highest BCUT2D eigenvalue weighted by Crippen LogP contribution is 2.36. The minimum Gasteiger partial charge on any atom is -0.225 e. The predicted octanol–water partition coefficient (Wildman–Crippen LogP) is 9.56. The summed E-state index contributed by atoms with van der Waals surface area (Å²) in [6.45, 7) is 2.22. The van der Waals surface area contributed by atoms with Crippen LogP contribution in [-0.2, 0) is 7.05 Å². The van der Waals surface area contributed by atoms with E-state index < -0.39 is 0 Å². The Labute approximate surface area is 239 Å². The lowest BCUT2D eigenvalue weighted by molar-refractivity contribution is -0.633. The van der Waals surface area contributed by atoms with Crippen LogP contribution in [0.4, 0.5) is 0 Å². The van der Waals surface area contributed by atoms with E-state index in [-0.39, 0.29) is 0 Å². The SMILES string of the molecule is Cc1ccc(-c2ccc3c(ccc4ccccc43)c2)cc1-c1n(-c2ccccc2)c2c3ccccc3ccc2[n+]1C. The maximum Gasteiger partial charge on any atom is 0.295 e. The predicted molar refractivity (Wildman–Crippen MR) is 173 cm³/mol. The summed E-state index contributed by atoms with van der Waals surface area (Å²) >= 11 is 0. The first-order chi connectivity index (χ1) is 20.2. The molecule has 0 atom stereocenters. The molecule has 41 heavy (non-hydrogen) atoms. The minimum absolute atomic E-state index is 1.16. The van der Waals surface area contributed by atoms with Crippen molar-refractivity contribution >= 4 is 43.4 Å². The van der Waals surface area contributed by atoms with Crippen LogP contribution in [0, 0.1) is 6.92 Å². The molecule has 2 nitrogen and oxygen atoms in total. The molecule has 0 unspecified atom stereocenters. The van der Waals surface area contributed by atoms with Gasteiger partial charge in [-0.3, -0.25) is 0 Å². The standard InChI is InChI=1S/C39H29N2/c1-26-16-17-30(29-20-22-34-31(24-29)19-18-27-10-6-8-14-33(27)34)25-36(26)39-40(2)37-23-21-28-11-7-9-15-35(28)38(37)41(39)32-12-4-3-5-13-32/h3-25H,1-2H3/q+1. The van der Waals surface area contributed by atoms with Gasteiger partial charge in [-0.05, 0) is 93.0 Å². The highest BCUT2D eigenvalue weighted by Gasteiger charge is 2.28. The summed E-state index contributed by atoms with van der Waals surface area (Å²) < 4.78 is 4.80. The summed E-state index contributed by atoms with van der Waals surface area (Å²) in [6, 6.07) is 50.8. The van der Waals surface area contributed by atoms with Crippen molar-refractivity contribution in [3.63, 3.8) is 0 Å². The Morgan fingerprint density at radius 1 is 0.512 bits per heavy atom. The Hall–Kier alpha value is -5.21. The minimum atomic E-state index is 1.16. The molecule has 0 saturated heterocycles. The van der Waals surface area contributed by atoms with Crippen molar-refractivity contribution in [1.82, 2.24) is 4.57 Å². The summed E-state index contributed by atoms with van der Waals surface area (Å²) in [4.78, 5) is 0. The van der Waals surface area contributed by atoms with Crippen molar-refractivity contribution in [3.8, 4) is 28.2 Å². The molecule has 0 amide bonds. The van der Waals surface area contributed by atoms with Crippen LogP contribution in [0.15, 0.2) is 140 Å². The van der Waals surface area contributed by atoms with Crippen LogP contribution in [0.25, 0.3) is 71.6 Å². The van der Waals surface area contributed by atoms with Gasteiger partial charge in [0.05, 0.1) is 12.6 Å². The van der Waals surface area contributed by atoms with E-state index in [4.69, 9.17) is 0 Å². The largest absolute Gasteiger partial charge is 0.295 e. The van der Waals surface area contributed by atoms with Gasteiger partial charge in [-0.2, -0.15) is 4.57 Å². The molecule has 1 aromatic heterocycles. The maximum absolute atomic E-state index is 2.44. The van der Waals surface area contributed by atoms with Gasteiger partial charge in [0.2, 0.25) is 0 Å². The van der Waals surface area contributed by atoms with Gasteiger partial charge in [0.1, 0.15) is 5.69 Å². The average Bonchev–Trinajstić information content (AvgIpc) is 3.33. The first-order valence-electron chi connectivity index (χ1n) is 14.2. The van der Waals surface area contributed by atoms with E-state index in [2.05, 4.69) is 163 Å². The van der Waals surface area contributed by atoms with E-state index in [1.807, 2.05) is 0 Å². The molecule has 0 aliphatic carbocycles. The first-order valence-corrected chi connectivity index (χ1v) is 14.2. The lowest BCUT2D eigenvalue weighted by Gasteiger charge is -2.11. The topological polar surface area (TPSA) is 8.81 Å². The van der Waals surface area contributed by atoms with Gasteiger partial charge < -0.3 is 0 Å². The number of benzene rings is 7. The summed E-state index contributed by atoms with van der Waals surface area (Å²) in [5.41, 5.74) is 8.53. The molecule has 0 fully saturated rings. The van der Waals surface area contributed by atoms with Crippen molar-refractivity contribution in [3.05, 3.63) is 145 Å². The zero-order chi connectivity index (χ0) is 27.5. The van der Waals surface area contributed by atoms with Gasteiger partial charge in [0, 0.05) is 5.39 Å². The molecule has 0 bridgehead atoms. The third-order valence-corrected chi connectivity index (χ3v) is 8.56. The zero-order valence-electron chi connectivity index (χ0n) is 23.2. The van der Waals surface area contributed by atoms with Crippen molar-refractivity contribution < 1.29 is 4.57 Å². The van der Waals surface area contributed by atoms with E-state index in [1.165, 1.54) is 71.4 Å². The smallest absolute Gasteiger partial charge is 0.225 e. The Bertz CT molecular complexity index is 2270. The van der Waals surface area contributed by atoms with Crippen molar-refractivity contribution in [2.45, 2.75) is 6.92 Å². The fourth-order valence-electron chi connectivity index (χ4n) is 6.48. The molecule has 8 rings (SSSR count). The first kappa shape index (κ1) is 23.7. The number of nitrogens with zero attached hydrogens (tertiary/aromatic N) is 2. The van der Waals surface area contributed by atoms with Crippen LogP contribution in [-0.4, -0.2) is 4.57 Å². The van der Waals surface area contributed by atoms with Gasteiger partial charge >= 0.3 is 0 Å². The second-order valence-electron chi connectivity index (χ2n) is 11.0. The number of rotatable bonds is 3. The molecule has 0 saturated carbocycles. The molecule has 0 aliphatic heterocycles. The number of fused-ring (bicyclic) bond motifs is 6. The molecule has 0 N–H and O–H groups in total. The number of imidazole rings is 1. The van der Waals surface area contributed by atoms with Crippen LogP contribution < -0.4 is 4.57 Å². The van der Waals surface area contributed by atoms with Crippen LogP contribution in [0.3, 0.4) is 0 Å². The summed E-state index contributed by atoms with van der Waals surface area (Å²) in [6.07, 6.45) is 0. The molecule has 2 heteroatoms. The van der Waals surface area contributed by atoms with Crippen LogP contribution in [0.1, 0.15) is 5.56 Å². The Morgan fingerprint density at radius 2 is 1.12 bits per heavy atom. The van der Waals surface area contributed by atoms with Gasteiger partial charge in [-0.25, -0.2) is 4.57 Å². The molecule has 8 aromatic rings. The number of para-hydroxylation sites is 1. The highest BCUT2D eigenvalue weighted by atomic mass is 15.2. The third-order valence-electron chi connectivity index (χ3n) is 8.56. The molecular formula is C39H29N2+. The van der Waals surface area contributed by atoms with Crippen molar-refractivity contribution in [2.75, 3.05) is 0 Å². The van der Waals surface area contributed by atoms with Crippen molar-refractivity contribution in [2.24, 2.45) is 7.05 Å². The van der Waals surface area contributed by atoms with Gasteiger partial charge in [-0.15, -0.1) is 0 Å². The van der Waals surface area contributed by atoms with Gasteiger partial charge in [-0.1, -0.05) is 97.1 Å². The molecule has 0 aliphatic rings. The lowest BCUT2D eigenvalue weighted by atomic mass is 9.95. The Kier molecular flexibility index (Phi) is 5.30. The van der Waals surface area contributed by atoms with Crippen molar-refractivity contribution in [1.29, 1.82) is 0 Å². The quantitative estimate of drug-likeness (QED) is 0.160. The monoisotopic (exact) mass is 525 g/mol. The number of aromatic nitrogens is 2. The van der Waals surface area contributed by atoms with E-state index in [0.717, 1.165) is 5.69 Å². The second kappa shape index (κ2) is 9.18. The molecular weight excluding hydrogens is 496 g/mol. The van der Waals surface area contributed by atoms with Gasteiger partial charge in [0.15, 0.2) is 11.0 Å². The molecule has 194 valence electrons. The fraction of sp³-hybridized carbons (Fsp3) is 0.0513. The number of hydrogen-bond donors (Lipinski definition) is 0. The molecule has 7 aromatic carbocycles. The zero-order valence-corrected chi connectivity index (χ0v) is 23.2. The summed E-state index contributed by atoms with van der Waals surface area (Å²) in [5.74, 6) is 1.17. The number of hydrogen-bond acceptors (Lipinski definition) is 0. The highest BCUT2D eigenvalue weighted by molar-refractivity contribution is 6.08. The van der Waals surface area contributed by atoms with E-state index in [1.54, 1.807) is 0 Å². The Morgan fingerprint density at radius 3 is 1.95 bits per heavy atom. The Balaban J connectivity index is 1.39. The number of aryl methyl sites for hydroxylation is 2. The third kappa shape index (κ3) is 3.68. The van der Waals surface area contributed by atoms with Crippen LogP contribution >= 0.6 is 0 Å². The van der Waals surface area contributed by atoms with E-state index in [0.29, 0.717) is 0 Å². The maximum atomic E-state index is 2.44. The van der Waals surface area contributed by atoms with Crippen LogP contribution in [0.2, 0.25) is 0 Å². The second-order valence-corrected chi connectivity index (χ2v) is 11.0.